The number of ether oxygens (including phenoxy) is 1. The van der Waals surface area contributed by atoms with Gasteiger partial charge in [0.25, 0.3) is 11.8 Å². The van der Waals surface area contributed by atoms with Crippen molar-refractivity contribution < 1.29 is 18.7 Å². The van der Waals surface area contributed by atoms with Crippen LogP contribution in [0.2, 0.25) is 0 Å². The molecule has 0 saturated carbocycles. The summed E-state index contributed by atoms with van der Waals surface area (Å²) in [6.07, 6.45) is 1.56. The summed E-state index contributed by atoms with van der Waals surface area (Å²) < 4.78 is 21.0. The largest absolute Gasteiger partial charge is 0.378 e. The van der Waals surface area contributed by atoms with Crippen molar-refractivity contribution in [1.82, 2.24) is 19.6 Å². The highest BCUT2D eigenvalue weighted by Crippen LogP contribution is 2.21. The van der Waals surface area contributed by atoms with Crippen molar-refractivity contribution in [1.29, 1.82) is 0 Å². The van der Waals surface area contributed by atoms with E-state index < -0.39 is 5.82 Å². The molecule has 0 spiro atoms. The molecule has 2 aliphatic heterocycles. The van der Waals surface area contributed by atoms with E-state index in [1.54, 1.807) is 32.8 Å². The fourth-order valence-corrected chi connectivity index (χ4v) is 3.34. The number of hydrogen-bond acceptors (Lipinski definition) is 4. The highest BCUT2D eigenvalue weighted by molar-refractivity contribution is 5.96. The van der Waals surface area contributed by atoms with Gasteiger partial charge in [0.05, 0.1) is 49.3 Å². The zero-order chi connectivity index (χ0) is 18.1. The van der Waals surface area contributed by atoms with Gasteiger partial charge < -0.3 is 14.5 Å². The molecule has 2 amide bonds. The quantitative estimate of drug-likeness (QED) is 0.808. The predicted octanol–water partition coefficient (Wildman–Crippen LogP) is 1.15. The molecule has 1 saturated heterocycles. The zero-order valence-corrected chi connectivity index (χ0v) is 14.2. The summed E-state index contributed by atoms with van der Waals surface area (Å²) in [7, 11) is 0. The lowest BCUT2D eigenvalue weighted by Gasteiger charge is -2.30. The second-order valence-corrected chi connectivity index (χ2v) is 6.34. The molecule has 2 aliphatic rings. The van der Waals surface area contributed by atoms with E-state index in [2.05, 4.69) is 5.10 Å². The van der Waals surface area contributed by atoms with Gasteiger partial charge in [-0.25, -0.2) is 4.39 Å². The third-order valence-corrected chi connectivity index (χ3v) is 4.79. The first-order valence-electron chi connectivity index (χ1n) is 8.60. The van der Waals surface area contributed by atoms with E-state index in [-0.39, 0.29) is 23.9 Å². The van der Waals surface area contributed by atoms with Gasteiger partial charge in [0.15, 0.2) is 0 Å². The number of aromatic nitrogens is 2. The van der Waals surface area contributed by atoms with Gasteiger partial charge in [-0.15, -0.1) is 0 Å². The lowest BCUT2D eigenvalue weighted by Crippen LogP contribution is -2.42. The Labute approximate surface area is 149 Å². The van der Waals surface area contributed by atoms with Crippen LogP contribution in [0.1, 0.15) is 26.4 Å². The number of rotatable bonds is 2. The SMILES string of the molecule is O=C(c1ccccc1F)N1CCn2ncc(C(=O)N3CCOCC3)c2C1. The van der Waals surface area contributed by atoms with E-state index in [1.807, 2.05) is 0 Å². The Kier molecular flexibility index (Phi) is 4.42. The van der Waals surface area contributed by atoms with Crippen LogP contribution >= 0.6 is 0 Å². The third kappa shape index (κ3) is 2.96. The second-order valence-electron chi connectivity index (χ2n) is 6.34. The normalized spacial score (nSPS) is 17.1. The lowest BCUT2D eigenvalue weighted by atomic mass is 10.1. The first-order chi connectivity index (χ1) is 12.6. The maximum atomic E-state index is 13.9. The van der Waals surface area contributed by atoms with E-state index in [1.165, 1.54) is 12.1 Å². The number of hydrogen-bond donors (Lipinski definition) is 0. The van der Waals surface area contributed by atoms with E-state index in [0.717, 1.165) is 0 Å². The smallest absolute Gasteiger partial charge is 0.257 e. The average Bonchev–Trinajstić information content (AvgIpc) is 3.11. The molecule has 0 radical (unpaired) electrons. The zero-order valence-electron chi connectivity index (χ0n) is 14.2. The van der Waals surface area contributed by atoms with Gasteiger partial charge in [0.1, 0.15) is 5.82 Å². The molecule has 2 aromatic rings. The van der Waals surface area contributed by atoms with Crippen LogP contribution in [0.3, 0.4) is 0 Å². The minimum Gasteiger partial charge on any atom is -0.378 e. The Hall–Kier alpha value is -2.74. The minimum atomic E-state index is -0.541. The summed E-state index contributed by atoms with van der Waals surface area (Å²) in [5, 5.41) is 4.28. The molecule has 7 nitrogen and oxygen atoms in total. The third-order valence-electron chi connectivity index (χ3n) is 4.79. The molecule has 1 aromatic heterocycles. The highest BCUT2D eigenvalue weighted by atomic mass is 19.1. The standard InChI is InChI=1S/C18H19FN4O3/c19-15-4-2-1-3-13(15)17(24)22-5-6-23-16(12-22)14(11-20-23)18(25)21-7-9-26-10-8-21/h1-4,11H,5-10,12H2. The fraction of sp³-hybridized carbons (Fsp3) is 0.389. The van der Waals surface area contributed by atoms with Crippen LogP contribution in [0.5, 0.6) is 0 Å². The Balaban J connectivity index is 1.56. The maximum Gasteiger partial charge on any atom is 0.257 e. The minimum absolute atomic E-state index is 0.0431. The first kappa shape index (κ1) is 16.7. The Morgan fingerprint density at radius 2 is 1.69 bits per heavy atom. The maximum absolute atomic E-state index is 13.9. The number of amides is 2. The van der Waals surface area contributed by atoms with Crippen LogP contribution in [-0.4, -0.2) is 64.2 Å². The molecule has 8 heteroatoms. The van der Waals surface area contributed by atoms with Crippen LogP contribution in [-0.2, 0) is 17.8 Å². The van der Waals surface area contributed by atoms with Gasteiger partial charge in [-0.1, -0.05) is 12.1 Å². The van der Waals surface area contributed by atoms with Gasteiger partial charge in [-0.3, -0.25) is 14.3 Å². The summed E-state index contributed by atoms with van der Waals surface area (Å²) in [4.78, 5) is 28.8. The molecule has 4 rings (SSSR count). The van der Waals surface area contributed by atoms with Gasteiger partial charge in [-0.2, -0.15) is 5.10 Å². The lowest BCUT2D eigenvalue weighted by molar-refractivity contribution is 0.0300. The molecule has 0 bridgehead atoms. The Morgan fingerprint density at radius 1 is 0.962 bits per heavy atom. The molecule has 1 aromatic carbocycles. The molecule has 136 valence electrons. The molecular weight excluding hydrogens is 339 g/mol. The molecule has 0 aliphatic carbocycles. The Bertz CT molecular complexity index is 845. The molecule has 0 atom stereocenters. The summed E-state index contributed by atoms with van der Waals surface area (Å²) in [5.74, 6) is -1.02. The topological polar surface area (TPSA) is 67.7 Å². The van der Waals surface area contributed by atoms with Crippen molar-refractivity contribution in [2.75, 3.05) is 32.8 Å². The first-order valence-corrected chi connectivity index (χ1v) is 8.60. The van der Waals surface area contributed by atoms with E-state index in [0.29, 0.717) is 50.7 Å². The van der Waals surface area contributed by atoms with Crippen molar-refractivity contribution in [3.05, 3.63) is 53.1 Å². The number of morpholine rings is 1. The van der Waals surface area contributed by atoms with Crippen molar-refractivity contribution >= 4 is 11.8 Å². The number of benzene rings is 1. The van der Waals surface area contributed by atoms with Crippen molar-refractivity contribution in [3.8, 4) is 0 Å². The second kappa shape index (κ2) is 6.87. The van der Waals surface area contributed by atoms with E-state index in [9.17, 15) is 14.0 Å². The van der Waals surface area contributed by atoms with Gasteiger partial charge in [0.2, 0.25) is 0 Å². The van der Waals surface area contributed by atoms with Crippen molar-refractivity contribution in [3.63, 3.8) is 0 Å². The summed E-state index contributed by atoms with van der Waals surface area (Å²) >= 11 is 0. The number of fused-ring (bicyclic) bond motifs is 1. The van der Waals surface area contributed by atoms with Crippen molar-refractivity contribution in [2.24, 2.45) is 0 Å². The van der Waals surface area contributed by atoms with Crippen LogP contribution in [0, 0.1) is 5.82 Å². The summed E-state index contributed by atoms with van der Waals surface area (Å²) in [6, 6.07) is 5.94. The average molecular weight is 358 g/mol. The number of nitrogens with zero attached hydrogens (tertiary/aromatic N) is 4. The predicted molar refractivity (Wildman–Crippen MR) is 90.1 cm³/mol. The van der Waals surface area contributed by atoms with Crippen molar-refractivity contribution in [2.45, 2.75) is 13.1 Å². The van der Waals surface area contributed by atoms with Gasteiger partial charge in [-0.05, 0) is 12.1 Å². The van der Waals surface area contributed by atoms with Gasteiger partial charge in [0, 0.05) is 19.6 Å². The van der Waals surface area contributed by atoms with Crippen LogP contribution in [0.25, 0.3) is 0 Å². The monoisotopic (exact) mass is 358 g/mol. The summed E-state index contributed by atoms with van der Waals surface area (Å²) in [6.45, 7) is 3.26. The van der Waals surface area contributed by atoms with Crippen LogP contribution in [0.15, 0.2) is 30.5 Å². The highest BCUT2D eigenvalue weighted by Gasteiger charge is 2.30. The number of carbonyl (C=O) groups excluding carboxylic acids is 2. The molecule has 1 fully saturated rings. The van der Waals surface area contributed by atoms with Crippen LogP contribution in [0.4, 0.5) is 4.39 Å². The molecule has 26 heavy (non-hydrogen) atoms. The summed E-state index contributed by atoms with van der Waals surface area (Å²) in [5.41, 5.74) is 1.23. The fourth-order valence-electron chi connectivity index (χ4n) is 3.34. The van der Waals surface area contributed by atoms with Crippen LogP contribution < -0.4 is 0 Å². The molecule has 3 heterocycles. The van der Waals surface area contributed by atoms with E-state index in [4.69, 9.17) is 4.74 Å². The van der Waals surface area contributed by atoms with Gasteiger partial charge >= 0.3 is 0 Å². The molecular formula is C18H19FN4O3. The van der Waals surface area contributed by atoms with E-state index >= 15 is 0 Å². The molecule has 0 unspecified atom stereocenters. The molecule has 0 N–H and O–H groups in total. The number of carbonyl (C=O) groups is 2. The number of halogens is 1. The Morgan fingerprint density at radius 3 is 2.46 bits per heavy atom.